The number of halogens is 1. The van der Waals surface area contributed by atoms with Gasteiger partial charge in [-0.2, -0.15) is 9.78 Å². The molecule has 2 saturated carbocycles. The highest BCUT2D eigenvalue weighted by Crippen LogP contribution is 2.36. The molecule has 2 atom stereocenters. The van der Waals surface area contributed by atoms with Crippen molar-refractivity contribution in [3.63, 3.8) is 0 Å². The SMILES string of the molecule is O=C(NC(O)C1CCCCCC1)c1cc(-n2ncc(=O)n(C(O)C3CC3)c2=O)ccc1Cl. The number of hydrogen-bond acceptors (Lipinski definition) is 6. The molecule has 1 amide bonds. The van der Waals surface area contributed by atoms with Crippen molar-refractivity contribution in [2.24, 2.45) is 11.8 Å². The molecule has 32 heavy (non-hydrogen) atoms. The first-order valence-electron chi connectivity index (χ1n) is 11.0. The third-order valence-electron chi connectivity index (χ3n) is 6.28. The lowest BCUT2D eigenvalue weighted by Gasteiger charge is -2.22. The van der Waals surface area contributed by atoms with E-state index in [0.29, 0.717) is 0 Å². The molecule has 0 radical (unpaired) electrons. The molecule has 1 heterocycles. The van der Waals surface area contributed by atoms with Crippen molar-refractivity contribution >= 4 is 17.5 Å². The molecule has 2 aliphatic carbocycles. The molecule has 2 aliphatic rings. The van der Waals surface area contributed by atoms with Crippen LogP contribution in [0.3, 0.4) is 0 Å². The molecule has 1 aromatic carbocycles. The van der Waals surface area contributed by atoms with Crippen molar-refractivity contribution in [2.45, 2.75) is 63.8 Å². The Bertz CT molecular complexity index is 1100. The van der Waals surface area contributed by atoms with Gasteiger partial charge in [-0.25, -0.2) is 9.36 Å². The van der Waals surface area contributed by atoms with E-state index in [9.17, 15) is 24.6 Å². The van der Waals surface area contributed by atoms with E-state index in [2.05, 4.69) is 10.4 Å². The lowest BCUT2D eigenvalue weighted by molar-refractivity contribution is 0.0531. The van der Waals surface area contributed by atoms with Gasteiger partial charge < -0.3 is 15.5 Å². The Morgan fingerprint density at radius 3 is 2.41 bits per heavy atom. The summed E-state index contributed by atoms with van der Waals surface area (Å²) in [7, 11) is 0. The first-order valence-corrected chi connectivity index (χ1v) is 11.4. The molecule has 2 unspecified atom stereocenters. The normalized spacial score (nSPS) is 19.2. The van der Waals surface area contributed by atoms with Crippen LogP contribution in [0.1, 0.15) is 68.0 Å². The van der Waals surface area contributed by atoms with Gasteiger partial charge in [0.1, 0.15) is 18.7 Å². The summed E-state index contributed by atoms with van der Waals surface area (Å²) in [6.45, 7) is 0. The Balaban J connectivity index is 1.60. The molecular formula is C22H27ClN4O5. The maximum absolute atomic E-state index is 12.9. The Kier molecular flexibility index (Phi) is 6.78. The molecule has 9 nitrogen and oxygen atoms in total. The maximum Gasteiger partial charge on any atom is 0.354 e. The highest BCUT2D eigenvalue weighted by atomic mass is 35.5. The first-order chi connectivity index (χ1) is 15.4. The van der Waals surface area contributed by atoms with Crippen LogP contribution in [0.15, 0.2) is 34.0 Å². The Hall–Kier alpha value is -2.49. The molecule has 0 saturated heterocycles. The summed E-state index contributed by atoms with van der Waals surface area (Å²) in [6.07, 6.45) is 6.22. The minimum atomic E-state index is -1.21. The number of rotatable bonds is 6. The summed E-state index contributed by atoms with van der Waals surface area (Å²) in [5, 5.41) is 27.5. The van der Waals surface area contributed by atoms with Crippen molar-refractivity contribution in [1.29, 1.82) is 0 Å². The second-order valence-corrected chi connectivity index (χ2v) is 9.04. The number of aromatic nitrogens is 3. The number of hydrogen-bond donors (Lipinski definition) is 3. The van der Waals surface area contributed by atoms with Crippen LogP contribution in [0, 0.1) is 11.8 Å². The lowest BCUT2D eigenvalue weighted by atomic mass is 9.98. The number of aliphatic hydroxyl groups excluding tert-OH is 2. The smallest absolute Gasteiger partial charge is 0.354 e. The monoisotopic (exact) mass is 462 g/mol. The third kappa shape index (κ3) is 4.79. The molecule has 172 valence electrons. The summed E-state index contributed by atoms with van der Waals surface area (Å²) < 4.78 is 1.72. The van der Waals surface area contributed by atoms with Crippen LogP contribution in [-0.2, 0) is 0 Å². The predicted octanol–water partition coefficient (Wildman–Crippen LogP) is 1.97. The number of aliphatic hydroxyl groups is 2. The second kappa shape index (κ2) is 9.56. The van der Waals surface area contributed by atoms with Gasteiger partial charge in [-0.3, -0.25) is 9.59 Å². The predicted molar refractivity (Wildman–Crippen MR) is 118 cm³/mol. The van der Waals surface area contributed by atoms with Crippen LogP contribution in [0.5, 0.6) is 0 Å². The zero-order chi connectivity index (χ0) is 22.8. The van der Waals surface area contributed by atoms with E-state index >= 15 is 0 Å². The van der Waals surface area contributed by atoms with Gasteiger partial charge in [-0.05, 0) is 43.9 Å². The Labute approximate surface area is 189 Å². The van der Waals surface area contributed by atoms with Gasteiger partial charge in [0.25, 0.3) is 11.5 Å². The number of nitrogens with one attached hydrogen (secondary N) is 1. The van der Waals surface area contributed by atoms with E-state index in [0.717, 1.165) is 66.8 Å². The summed E-state index contributed by atoms with van der Waals surface area (Å²) in [6, 6.07) is 4.32. The van der Waals surface area contributed by atoms with Crippen molar-refractivity contribution in [1.82, 2.24) is 19.7 Å². The summed E-state index contributed by atoms with van der Waals surface area (Å²) in [4.78, 5) is 37.9. The average Bonchev–Trinajstić information content (AvgIpc) is 3.61. The van der Waals surface area contributed by atoms with Crippen LogP contribution < -0.4 is 16.6 Å². The quantitative estimate of drug-likeness (QED) is 0.445. The van der Waals surface area contributed by atoms with Crippen LogP contribution in [0.4, 0.5) is 0 Å². The lowest BCUT2D eigenvalue weighted by Crippen LogP contribution is -2.43. The fourth-order valence-electron chi connectivity index (χ4n) is 4.22. The van der Waals surface area contributed by atoms with Crippen LogP contribution in [0.25, 0.3) is 5.69 Å². The number of benzene rings is 1. The highest BCUT2D eigenvalue weighted by molar-refractivity contribution is 6.33. The number of carbonyl (C=O) groups is 1. The minimum absolute atomic E-state index is 0.0137. The van der Waals surface area contributed by atoms with Crippen LogP contribution in [0.2, 0.25) is 5.02 Å². The summed E-state index contributed by atoms with van der Waals surface area (Å²) in [5.41, 5.74) is -1.20. The fraction of sp³-hybridized carbons (Fsp3) is 0.545. The van der Waals surface area contributed by atoms with Crippen molar-refractivity contribution in [2.75, 3.05) is 0 Å². The Morgan fingerprint density at radius 2 is 1.75 bits per heavy atom. The zero-order valence-electron chi connectivity index (χ0n) is 17.6. The van der Waals surface area contributed by atoms with Crippen molar-refractivity contribution in [3.8, 4) is 5.69 Å². The van der Waals surface area contributed by atoms with E-state index in [1.165, 1.54) is 18.2 Å². The highest BCUT2D eigenvalue weighted by Gasteiger charge is 2.33. The standard InChI is InChI=1S/C22H27ClN4O5/c23-17-10-9-15(27-22(32)26(18(28)12-24-27)21(31)14-7-8-14)11-16(17)20(30)25-19(29)13-5-3-1-2-4-6-13/h9-14,19,21,29,31H,1-8H2,(H,25,30). The molecule has 1 aromatic heterocycles. The molecule has 0 aliphatic heterocycles. The fourth-order valence-corrected chi connectivity index (χ4v) is 4.42. The van der Waals surface area contributed by atoms with Gasteiger partial charge in [0.15, 0.2) is 0 Å². The topological polar surface area (TPSA) is 126 Å². The molecule has 4 rings (SSSR count). The van der Waals surface area contributed by atoms with E-state index in [1.54, 1.807) is 0 Å². The van der Waals surface area contributed by atoms with Crippen molar-refractivity contribution < 1.29 is 15.0 Å². The molecule has 2 aromatic rings. The molecule has 2 fully saturated rings. The van der Waals surface area contributed by atoms with E-state index < -0.39 is 29.6 Å². The second-order valence-electron chi connectivity index (χ2n) is 8.63. The molecule has 0 bridgehead atoms. The number of carbonyl (C=O) groups excluding carboxylic acids is 1. The van der Waals surface area contributed by atoms with Gasteiger partial charge in [0, 0.05) is 11.8 Å². The molecule has 10 heteroatoms. The maximum atomic E-state index is 12.9. The average molecular weight is 463 g/mol. The zero-order valence-corrected chi connectivity index (χ0v) is 18.4. The number of nitrogens with zero attached hydrogens (tertiary/aromatic N) is 3. The first kappa shape index (κ1) is 22.7. The van der Waals surface area contributed by atoms with E-state index in [4.69, 9.17) is 11.6 Å². The molecule has 0 spiro atoms. The van der Waals surface area contributed by atoms with Crippen molar-refractivity contribution in [3.05, 3.63) is 55.8 Å². The van der Waals surface area contributed by atoms with Gasteiger partial charge in [-0.1, -0.05) is 37.3 Å². The van der Waals surface area contributed by atoms with Gasteiger partial charge in [0.05, 0.1) is 16.3 Å². The van der Waals surface area contributed by atoms with E-state index in [-0.39, 0.29) is 28.1 Å². The van der Waals surface area contributed by atoms with Crippen LogP contribution >= 0.6 is 11.6 Å². The Morgan fingerprint density at radius 1 is 1.06 bits per heavy atom. The minimum Gasteiger partial charge on any atom is -0.373 e. The van der Waals surface area contributed by atoms with E-state index in [1.807, 2.05) is 0 Å². The van der Waals surface area contributed by atoms with Crippen LogP contribution in [-0.4, -0.2) is 36.7 Å². The third-order valence-corrected chi connectivity index (χ3v) is 6.61. The molecular weight excluding hydrogens is 436 g/mol. The molecule has 3 N–H and O–H groups in total. The summed E-state index contributed by atoms with van der Waals surface area (Å²) in [5.74, 6) is -0.707. The van der Waals surface area contributed by atoms with Gasteiger partial charge in [-0.15, -0.1) is 0 Å². The number of amides is 1. The largest absolute Gasteiger partial charge is 0.373 e. The van der Waals surface area contributed by atoms with Gasteiger partial charge >= 0.3 is 5.69 Å². The van der Waals surface area contributed by atoms with Gasteiger partial charge in [0.2, 0.25) is 0 Å². The summed E-state index contributed by atoms with van der Waals surface area (Å²) >= 11 is 6.22.